The van der Waals surface area contributed by atoms with Gasteiger partial charge in [0.2, 0.25) is 0 Å². The van der Waals surface area contributed by atoms with Gasteiger partial charge in [-0.3, -0.25) is 4.90 Å². The van der Waals surface area contributed by atoms with E-state index in [4.69, 9.17) is 5.11 Å². The van der Waals surface area contributed by atoms with Crippen molar-refractivity contribution in [3.63, 3.8) is 0 Å². The molecule has 1 fully saturated rings. The lowest BCUT2D eigenvalue weighted by Gasteiger charge is -2.20. The summed E-state index contributed by atoms with van der Waals surface area (Å²) in [6, 6.07) is 1.10. The maximum atomic E-state index is 8.81. The Kier molecular flexibility index (Phi) is 2.09. The Labute approximate surface area is 56.5 Å². The Bertz CT molecular complexity index is 94.9. The molecule has 0 saturated carbocycles. The summed E-state index contributed by atoms with van der Waals surface area (Å²) in [6.45, 7) is 2.52. The van der Waals surface area contributed by atoms with Gasteiger partial charge in [0, 0.05) is 12.1 Å². The van der Waals surface area contributed by atoms with Crippen LogP contribution < -0.4 is 0 Å². The number of aliphatic hydroxyl groups excluding tert-OH is 1. The molecular formula is C7H15NO. The van der Waals surface area contributed by atoms with Gasteiger partial charge in [0.05, 0.1) is 6.61 Å². The fourth-order valence-corrected chi connectivity index (χ4v) is 1.42. The molecule has 1 unspecified atom stereocenters. The normalized spacial score (nSPS) is 37.7. The zero-order chi connectivity index (χ0) is 6.85. The molecule has 1 heterocycles. The summed E-state index contributed by atoms with van der Waals surface area (Å²) >= 11 is 0. The predicted molar refractivity (Wildman–Crippen MR) is 37.3 cm³/mol. The molecule has 1 saturated heterocycles. The van der Waals surface area contributed by atoms with Crippen molar-refractivity contribution in [2.75, 3.05) is 13.7 Å². The van der Waals surface area contributed by atoms with Crippen LogP contribution in [0.5, 0.6) is 0 Å². The molecule has 0 aliphatic carbocycles. The average molecular weight is 129 g/mol. The second-order valence-corrected chi connectivity index (χ2v) is 2.93. The van der Waals surface area contributed by atoms with Gasteiger partial charge in [0.1, 0.15) is 0 Å². The van der Waals surface area contributed by atoms with Gasteiger partial charge >= 0.3 is 0 Å². The van der Waals surface area contributed by atoms with Crippen molar-refractivity contribution in [2.45, 2.75) is 31.8 Å². The zero-order valence-corrected chi connectivity index (χ0v) is 6.17. The highest BCUT2D eigenvalue weighted by Gasteiger charge is 2.25. The van der Waals surface area contributed by atoms with Crippen LogP contribution in [0.15, 0.2) is 0 Å². The van der Waals surface area contributed by atoms with Crippen LogP contribution in [-0.2, 0) is 0 Å². The van der Waals surface area contributed by atoms with E-state index < -0.39 is 0 Å². The van der Waals surface area contributed by atoms with Crippen LogP contribution in [-0.4, -0.2) is 35.7 Å². The minimum Gasteiger partial charge on any atom is -0.395 e. The highest BCUT2D eigenvalue weighted by atomic mass is 16.3. The Hall–Kier alpha value is -0.0800. The quantitative estimate of drug-likeness (QED) is 0.556. The van der Waals surface area contributed by atoms with E-state index in [0.29, 0.717) is 18.7 Å². The highest BCUT2D eigenvalue weighted by Crippen LogP contribution is 2.20. The summed E-state index contributed by atoms with van der Waals surface area (Å²) in [7, 11) is 2.08. The molecule has 2 nitrogen and oxygen atoms in total. The minimum absolute atomic E-state index is 0.320. The van der Waals surface area contributed by atoms with E-state index in [2.05, 4.69) is 18.9 Å². The SMILES string of the molecule is CC1CC[C@@H](CO)N1C. The maximum absolute atomic E-state index is 8.81. The molecule has 9 heavy (non-hydrogen) atoms. The van der Waals surface area contributed by atoms with Crippen molar-refractivity contribution >= 4 is 0 Å². The third-order valence-electron chi connectivity index (χ3n) is 2.40. The van der Waals surface area contributed by atoms with E-state index in [9.17, 15) is 0 Å². The van der Waals surface area contributed by atoms with Crippen molar-refractivity contribution in [3.05, 3.63) is 0 Å². The lowest BCUT2D eigenvalue weighted by atomic mass is 10.2. The molecule has 0 bridgehead atoms. The van der Waals surface area contributed by atoms with E-state index in [1.165, 1.54) is 6.42 Å². The van der Waals surface area contributed by atoms with E-state index in [1.54, 1.807) is 0 Å². The fraction of sp³-hybridized carbons (Fsp3) is 1.00. The monoisotopic (exact) mass is 129 g/mol. The van der Waals surface area contributed by atoms with Crippen LogP contribution >= 0.6 is 0 Å². The molecule has 2 heteroatoms. The standard InChI is InChI=1S/C7H15NO/c1-6-3-4-7(5-9)8(6)2/h6-7,9H,3-5H2,1-2H3/t6?,7-/m0/s1. The van der Waals surface area contributed by atoms with Crippen molar-refractivity contribution in [2.24, 2.45) is 0 Å². The van der Waals surface area contributed by atoms with Gasteiger partial charge in [-0.25, -0.2) is 0 Å². The topological polar surface area (TPSA) is 23.5 Å². The summed E-state index contributed by atoms with van der Waals surface area (Å²) < 4.78 is 0. The molecule has 0 spiro atoms. The Morgan fingerprint density at radius 2 is 2.22 bits per heavy atom. The Balaban J connectivity index is 2.41. The summed E-state index contributed by atoms with van der Waals surface area (Å²) in [4.78, 5) is 2.25. The van der Waals surface area contributed by atoms with Gasteiger partial charge in [0.25, 0.3) is 0 Å². The van der Waals surface area contributed by atoms with E-state index in [-0.39, 0.29) is 0 Å². The van der Waals surface area contributed by atoms with E-state index in [0.717, 1.165) is 6.42 Å². The lowest BCUT2D eigenvalue weighted by molar-refractivity contribution is 0.161. The summed E-state index contributed by atoms with van der Waals surface area (Å²) in [5.74, 6) is 0. The largest absolute Gasteiger partial charge is 0.395 e. The predicted octanol–water partition coefficient (Wildman–Crippen LogP) is 0.461. The summed E-state index contributed by atoms with van der Waals surface area (Å²) in [5, 5.41) is 8.81. The minimum atomic E-state index is 0.320. The van der Waals surface area contributed by atoms with Gasteiger partial charge in [-0.15, -0.1) is 0 Å². The first-order valence-electron chi connectivity index (χ1n) is 3.58. The molecule has 1 N–H and O–H groups in total. The van der Waals surface area contributed by atoms with Gasteiger partial charge < -0.3 is 5.11 Å². The van der Waals surface area contributed by atoms with Crippen LogP contribution in [0, 0.1) is 0 Å². The summed E-state index contributed by atoms with van der Waals surface area (Å²) in [6.07, 6.45) is 2.40. The second-order valence-electron chi connectivity index (χ2n) is 2.93. The van der Waals surface area contributed by atoms with Crippen molar-refractivity contribution in [1.29, 1.82) is 0 Å². The lowest BCUT2D eigenvalue weighted by Crippen LogP contribution is -2.32. The van der Waals surface area contributed by atoms with Crippen LogP contribution in [0.2, 0.25) is 0 Å². The molecule has 2 atom stereocenters. The third kappa shape index (κ3) is 1.25. The molecule has 0 aromatic rings. The van der Waals surface area contributed by atoms with Crippen LogP contribution in [0.3, 0.4) is 0 Å². The molecule has 54 valence electrons. The van der Waals surface area contributed by atoms with Gasteiger partial charge in [-0.05, 0) is 26.8 Å². The first-order chi connectivity index (χ1) is 4.25. The molecule has 0 radical (unpaired) electrons. The van der Waals surface area contributed by atoms with Gasteiger partial charge in [-0.2, -0.15) is 0 Å². The van der Waals surface area contributed by atoms with Gasteiger partial charge in [0.15, 0.2) is 0 Å². The van der Waals surface area contributed by atoms with Crippen LogP contribution in [0.25, 0.3) is 0 Å². The Morgan fingerprint density at radius 1 is 1.56 bits per heavy atom. The van der Waals surface area contributed by atoms with E-state index >= 15 is 0 Å². The number of hydrogen-bond donors (Lipinski definition) is 1. The van der Waals surface area contributed by atoms with Crippen molar-refractivity contribution in [3.8, 4) is 0 Å². The fourth-order valence-electron chi connectivity index (χ4n) is 1.42. The molecule has 0 aromatic heterocycles. The second kappa shape index (κ2) is 2.67. The maximum Gasteiger partial charge on any atom is 0.0586 e. The first kappa shape index (κ1) is 7.03. The highest BCUT2D eigenvalue weighted by molar-refractivity contribution is 4.81. The number of aliphatic hydroxyl groups is 1. The first-order valence-corrected chi connectivity index (χ1v) is 3.58. The van der Waals surface area contributed by atoms with E-state index in [1.807, 2.05) is 0 Å². The number of likely N-dealkylation sites (tertiary alicyclic amines) is 1. The number of likely N-dealkylation sites (N-methyl/N-ethyl adjacent to an activating group) is 1. The van der Waals surface area contributed by atoms with Crippen molar-refractivity contribution < 1.29 is 5.11 Å². The number of rotatable bonds is 1. The molecule has 0 aromatic carbocycles. The molecule has 1 aliphatic heterocycles. The zero-order valence-electron chi connectivity index (χ0n) is 6.17. The smallest absolute Gasteiger partial charge is 0.0586 e. The third-order valence-corrected chi connectivity index (χ3v) is 2.40. The molecular weight excluding hydrogens is 114 g/mol. The van der Waals surface area contributed by atoms with Crippen molar-refractivity contribution in [1.82, 2.24) is 4.90 Å². The molecule has 1 aliphatic rings. The summed E-state index contributed by atoms with van der Waals surface area (Å²) in [5.41, 5.74) is 0. The molecule has 1 rings (SSSR count). The van der Waals surface area contributed by atoms with Gasteiger partial charge in [-0.1, -0.05) is 0 Å². The number of nitrogens with zero attached hydrogens (tertiary/aromatic N) is 1. The molecule has 0 amide bonds. The average Bonchev–Trinajstić information content (AvgIpc) is 2.15. The van der Waals surface area contributed by atoms with Crippen LogP contribution in [0.1, 0.15) is 19.8 Å². The Morgan fingerprint density at radius 3 is 2.44 bits per heavy atom. The van der Waals surface area contributed by atoms with Crippen LogP contribution in [0.4, 0.5) is 0 Å². The number of hydrogen-bond acceptors (Lipinski definition) is 2.